The number of hydrogen-bond acceptors (Lipinski definition) is 5. The van der Waals surface area contributed by atoms with Gasteiger partial charge in [0.1, 0.15) is 0 Å². The van der Waals surface area contributed by atoms with Crippen molar-refractivity contribution in [2.45, 2.75) is 30.4 Å². The van der Waals surface area contributed by atoms with Crippen LogP contribution in [0.2, 0.25) is 0 Å². The lowest BCUT2D eigenvalue weighted by atomic mass is 10.1. The van der Waals surface area contributed by atoms with Gasteiger partial charge in [0, 0.05) is 16.7 Å². The van der Waals surface area contributed by atoms with Crippen LogP contribution in [0.3, 0.4) is 0 Å². The summed E-state index contributed by atoms with van der Waals surface area (Å²) in [5.74, 6) is 0.819. The summed E-state index contributed by atoms with van der Waals surface area (Å²) in [6.07, 6.45) is 0.625. The molecule has 0 radical (unpaired) electrons. The first-order valence-corrected chi connectivity index (χ1v) is 12.0. The van der Waals surface area contributed by atoms with Crippen molar-refractivity contribution in [1.29, 1.82) is 0 Å². The number of hydrogen-bond donors (Lipinski definition) is 2. The Kier molecular flexibility index (Phi) is 8.99. The van der Waals surface area contributed by atoms with Crippen LogP contribution in [-0.4, -0.2) is 37.8 Å². The molecule has 0 aromatic heterocycles. The minimum absolute atomic E-state index is 0.241. The number of carbonyl (C=O) groups is 2. The first kappa shape index (κ1) is 25.2. The molecule has 0 aliphatic rings. The van der Waals surface area contributed by atoms with Crippen LogP contribution in [0.4, 0.5) is 5.69 Å². The zero-order valence-electron chi connectivity index (χ0n) is 19.9. The van der Waals surface area contributed by atoms with Crippen LogP contribution in [-0.2, 0) is 6.42 Å². The van der Waals surface area contributed by atoms with Gasteiger partial charge in [0.2, 0.25) is 0 Å². The van der Waals surface area contributed by atoms with Crippen molar-refractivity contribution < 1.29 is 19.1 Å². The normalized spacial score (nSPS) is 10.6. The molecule has 7 heteroatoms. The summed E-state index contributed by atoms with van der Waals surface area (Å²) < 4.78 is 10.6. The largest absolute Gasteiger partial charge is 0.493 e. The molecular weight excluding hydrogens is 448 g/mol. The zero-order chi connectivity index (χ0) is 24.5. The lowest BCUT2D eigenvalue weighted by Crippen LogP contribution is -2.27. The second-order valence-electron chi connectivity index (χ2n) is 7.86. The van der Waals surface area contributed by atoms with Gasteiger partial charge in [-0.2, -0.15) is 0 Å². The van der Waals surface area contributed by atoms with E-state index in [0.717, 1.165) is 10.5 Å². The Labute approximate surface area is 205 Å². The number of methoxy groups -OCH3 is 2. The number of amides is 2. The van der Waals surface area contributed by atoms with Crippen LogP contribution in [0.15, 0.2) is 71.6 Å². The highest BCUT2D eigenvalue weighted by Crippen LogP contribution is 2.28. The Hall–Kier alpha value is -3.45. The van der Waals surface area contributed by atoms with Crippen LogP contribution in [0, 0.1) is 0 Å². The lowest BCUT2D eigenvalue weighted by Gasteiger charge is -2.14. The van der Waals surface area contributed by atoms with E-state index in [4.69, 9.17) is 9.47 Å². The molecule has 0 unspecified atom stereocenters. The van der Waals surface area contributed by atoms with E-state index in [1.807, 2.05) is 36.4 Å². The molecule has 0 spiro atoms. The van der Waals surface area contributed by atoms with E-state index in [9.17, 15) is 9.59 Å². The van der Waals surface area contributed by atoms with Gasteiger partial charge in [-0.1, -0.05) is 44.2 Å². The molecule has 0 saturated heterocycles. The maximum Gasteiger partial charge on any atom is 0.256 e. The van der Waals surface area contributed by atoms with E-state index in [1.165, 1.54) is 0 Å². The fourth-order valence-electron chi connectivity index (χ4n) is 3.44. The first-order chi connectivity index (χ1) is 16.4. The van der Waals surface area contributed by atoms with Gasteiger partial charge in [0.05, 0.1) is 31.0 Å². The third-order valence-corrected chi connectivity index (χ3v) is 6.14. The number of carbonyl (C=O) groups excluding carboxylic acids is 2. The molecule has 3 aromatic rings. The van der Waals surface area contributed by atoms with E-state index >= 15 is 0 Å². The van der Waals surface area contributed by atoms with E-state index < -0.39 is 0 Å². The van der Waals surface area contributed by atoms with Crippen molar-refractivity contribution in [1.82, 2.24) is 5.32 Å². The maximum atomic E-state index is 13.0. The second-order valence-corrected chi connectivity index (χ2v) is 9.48. The molecule has 0 aliphatic carbocycles. The molecule has 34 heavy (non-hydrogen) atoms. The summed E-state index contributed by atoms with van der Waals surface area (Å²) >= 11 is 1.63. The predicted molar refractivity (Wildman–Crippen MR) is 137 cm³/mol. The number of para-hydroxylation sites is 1. The molecule has 0 saturated carbocycles. The molecule has 0 heterocycles. The predicted octanol–water partition coefficient (Wildman–Crippen LogP) is 5.43. The zero-order valence-corrected chi connectivity index (χ0v) is 20.7. The summed E-state index contributed by atoms with van der Waals surface area (Å²) in [4.78, 5) is 26.8. The Bertz CT molecular complexity index is 1150. The molecule has 0 bridgehead atoms. The maximum absolute atomic E-state index is 13.0. The van der Waals surface area contributed by atoms with Crippen LogP contribution < -0.4 is 20.1 Å². The van der Waals surface area contributed by atoms with Crippen molar-refractivity contribution >= 4 is 29.3 Å². The molecule has 3 rings (SSSR count). The van der Waals surface area contributed by atoms with Gasteiger partial charge < -0.3 is 20.1 Å². The number of ether oxygens (including phenoxy) is 2. The lowest BCUT2D eigenvalue weighted by molar-refractivity contribution is 0.0955. The standard InChI is InChI=1S/C27H30N2O4S/c1-18(2)34-25-12-8-6-10-21(25)27(31)29-22-11-7-5-9-20(22)26(30)28-16-15-19-13-14-23(32-3)24(17-19)33-4/h5-14,17-18H,15-16H2,1-4H3,(H,28,30)(H,29,31). The van der Waals surface area contributed by atoms with Crippen LogP contribution in [0.25, 0.3) is 0 Å². The number of benzene rings is 3. The minimum Gasteiger partial charge on any atom is -0.493 e. The van der Waals surface area contributed by atoms with Gasteiger partial charge in [-0.25, -0.2) is 0 Å². The number of nitrogens with one attached hydrogen (secondary N) is 2. The van der Waals surface area contributed by atoms with E-state index in [0.29, 0.717) is 46.5 Å². The SMILES string of the molecule is COc1ccc(CCNC(=O)c2ccccc2NC(=O)c2ccccc2SC(C)C)cc1OC. The average molecular weight is 479 g/mol. The summed E-state index contributed by atoms with van der Waals surface area (Å²) in [6, 6.07) is 20.2. The van der Waals surface area contributed by atoms with Gasteiger partial charge in [0.25, 0.3) is 11.8 Å². The fraction of sp³-hybridized carbons (Fsp3) is 0.259. The number of thioether (sulfide) groups is 1. The summed E-state index contributed by atoms with van der Waals surface area (Å²) in [6.45, 7) is 4.60. The monoisotopic (exact) mass is 478 g/mol. The second kappa shape index (κ2) is 12.1. The van der Waals surface area contributed by atoms with Crippen LogP contribution >= 0.6 is 11.8 Å². The topological polar surface area (TPSA) is 76.7 Å². The Morgan fingerprint density at radius 1 is 0.853 bits per heavy atom. The molecule has 0 atom stereocenters. The van der Waals surface area contributed by atoms with Crippen molar-refractivity contribution in [2.24, 2.45) is 0 Å². The Balaban J connectivity index is 1.67. The van der Waals surface area contributed by atoms with Gasteiger partial charge >= 0.3 is 0 Å². The quantitative estimate of drug-likeness (QED) is 0.380. The minimum atomic E-state index is -0.249. The fourth-order valence-corrected chi connectivity index (χ4v) is 4.40. The van der Waals surface area contributed by atoms with E-state index in [2.05, 4.69) is 24.5 Å². The van der Waals surface area contributed by atoms with Gasteiger partial charge in [0.15, 0.2) is 11.5 Å². The number of anilines is 1. The highest BCUT2D eigenvalue weighted by atomic mass is 32.2. The van der Waals surface area contributed by atoms with Crippen LogP contribution in [0.1, 0.15) is 40.1 Å². The Morgan fingerprint density at radius 2 is 1.53 bits per heavy atom. The van der Waals surface area contributed by atoms with Gasteiger partial charge in [-0.15, -0.1) is 11.8 Å². The third kappa shape index (κ3) is 6.54. The highest BCUT2D eigenvalue weighted by molar-refractivity contribution is 8.00. The molecule has 2 N–H and O–H groups in total. The summed E-state index contributed by atoms with van der Waals surface area (Å²) in [5.41, 5.74) is 2.49. The molecule has 3 aromatic carbocycles. The highest BCUT2D eigenvalue weighted by Gasteiger charge is 2.17. The first-order valence-electron chi connectivity index (χ1n) is 11.1. The summed E-state index contributed by atoms with van der Waals surface area (Å²) in [5, 5.41) is 6.20. The molecule has 178 valence electrons. The van der Waals surface area contributed by atoms with E-state index in [-0.39, 0.29) is 11.8 Å². The Morgan fingerprint density at radius 3 is 2.24 bits per heavy atom. The van der Waals surface area contributed by atoms with Crippen molar-refractivity contribution in [2.75, 3.05) is 26.1 Å². The smallest absolute Gasteiger partial charge is 0.256 e. The van der Waals surface area contributed by atoms with Crippen molar-refractivity contribution in [3.63, 3.8) is 0 Å². The van der Waals surface area contributed by atoms with Gasteiger partial charge in [-0.05, 0) is 48.4 Å². The molecule has 6 nitrogen and oxygen atoms in total. The summed E-state index contributed by atoms with van der Waals surface area (Å²) in [7, 11) is 3.18. The average Bonchev–Trinajstić information content (AvgIpc) is 2.84. The molecule has 0 fully saturated rings. The van der Waals surface area contributed by atoms with Crippen molar-refractivity contribution in [3.8, 4) is 11.5 Å². The molecule has 0 aliphatic heterocycles. The third-order valence-electron chi connectivity index (χ3n) is 5.06. The molecule has 2 amide bonds. The molecular formula is C27H30N2O4S. The van der Waals surface area contributed by atoms with E-state index in [1.54, 1.807) is 56.3 Å². The van der Waals surface area contributed by atoms with Crippen molar-refractivity contribution in [3.05, 3.63) is 83.4 Å². The van der Waals surface area contributed by atoms with Crippen LogP contribution in [0.5, 0.6) is 11.5 Å². The number of rotatable bonds is 10. The van der Waals surface area contributed by atoms with Gasteiger partial charge in [-0.3, -0.25) is 9.59 Å².